The van der Waals surface area contributed by atoms with Crippen LogP contribution in [0.4, 0.5) is 0 Å². The first-order valence-electron chi connectivity index (χ1n) is 5.35. The first-order chi connectivity index (χ1) is 7.08. The number of hydrogen-bond donors (Lipinski definition) is 1. The van der Waals surface area contributed by atoms with Gasteiger partial charge in [0.25, 0.3) is 0 Å². The third-order valence-corrected chi connectivity index (χ3v) is 2.38. The number of nitrogens with one attached hydrogen (secondary N) is 1. The molecule has 1 unspecified atom stereocenters. The van der Waals surface area contributed by atoms with Crippen LogP contribution in [0.2, 0.25) is 0 Å². The summed E-state index contributed by atoms with van der Waals surface area (Å²) in [7, 11) is 1.98. The third kappa shape index (κ3) is 5.38. The standard InChI is InChI=1S/C14H23N/c1-6-8-10-12-14(3,4)13(15-5)11-9-7-2/h6-13,15H,2H2,1,3-5H3/b8-6+,11-9-,12-10-. The average Bonchev–Trinajstić information content (AvgIpc) is 2.19. The highest BCUT2D eigenvalue weighted by Gasteiger charge is 2.22. The van der Waals surface area contributed by atoms with Crippen molar-refractivity contribution in [2.45, 2.75) is 26.8 Å². The van der Waals surface area contributed by atoms with E-state index in [1.165, 1.54) is 0 Å². The maximum Gasteiger partial charge on any atom is 0.0336 e. The molecule has 1 N–H and O–H groups in total. The smallest absolute Gasteiger partial charge is 0.0336 e. The van der Waals surface area contributed by atoms with E-state index in [1.54, 1.807) is 6.08 Å². The maximum absolute atomic E-state index is 3.68. The molecular formula is C14H23N. The maximum atomic E-state index is 3.68. The Morgan fingerprint density at radius 1 is 1.20 bits per heavy atom. The molecule has 0 spiro atoms. The van der Waals surface area contributed by atoms with Gasteiger partial charge in [-0.05, 0) is 14.0 Å². The molecule has 0 fully saturated rings. The van der Waals surface area contributed by atoms with Gasteiger partial charge in [-0.25, -0.2) is 0 Å². The van der Waals surface area contributed by atoms with Gasteiger partial charge >= 0.3 is 0 Å². The SMILES string of the molecule is C=C/C=C\C(NC)C(C)(C)/C=C\C=C\C. The quantitative estimate of drug-likeness (QED) is 0.655. The van der Waals surface area contributed by atoms with Crippen molar-refractivity contribution >= 4 is 0 Å². The Bertz CT molecular complexity index is 257. The zero-order valence-corrected chi connectivity index (χ0v) is 10.3. The van der Waals surface area contributed by atoms with Gasteiger partial charge in [0.05, 0.1) is 0 Å². The molecule has 1 heteroatoms. The van der Waals surface area contributed by atoms with E-state index in [0.717, 1.165) is 0 Å². The highest BCUT2D eigenvalue weighted by molar-refractivity contribution is 5.15. The monoisotopic (exact) mass is 205 g/mol. The molecule has 0 aromatic heterocycles. The van der Waals surface area contributed by atoms with Gasteiger partial charge in [-0.15, -0.1) is 0 Å². The van der Waals surface area contributed by atoms with Crippen molar-refractivity contribution in [3.05, 3.63) is 49.1 Å². The van der Waals surface area contributed by atoms with Gasteiger partial charge in [0, 0.05) is 11.5 Å². The molecule has 15 heavy (non-hydrogen) atoms. The van der Waals surface area contributed by atoms with Crippen molar-refractivity contribution in [1.29, 1.82) is 0 Å². The van der Waals surface area contributed by atoms with E-state index >= 15 is 0 Å². The summed E-state index contributed by atoms with van der Waals surface area (Å²) in [5.41, 5.74) is 0.0910. The zero-order valence-electron chi connectivity index (χ0n) is 10.3. The summed E-state index contributed by atoms with van der Waals surface area (Å²) in [6.07, 6.45) is 14.3. The van der Waals surface area contributed by atoms with Crippen molar-refractivity contribution < 1.29 is 0 Å². The Morgan fingerprint density at radius 2 is 1.87 bits per heavy atom. The van der Waals surface area contributed by atoms with Gasteiger partial charge in [-0.1, -0.05) is 63.0 Å². The topological polar surface area (TPSA) is 12.0 Å². The molecule has 0 saturated carbocycles. The van der Waals surface area contributed by atoms with Gasteiger partial charge in [-0.3, -0.25) is 0 Å². The summed E-state index contributed by atoms with van der Waals surface area (Å²) in [5.74, 6) is 0. The fourth-order valence-electron chi connectivity index (χ4n) is 1.42. The summed E-state index contributed by atoms with van der Waals surface area (Å²) in [4.78, 5) is 0. The van der Waals surface area contributed by atoms with E-state index in [1.807, 2.05) is 32.2 Å². The molecule has 0 radical (unpaired) electrons. The third-order valence-electron chi connectivity index (χ3n) is 2.38. The number of rotatable bonds is 6. The van der Waals surface area contributed by atoms with E-state index in [4.69, 9.17) is 0 Å². The average molecular weight is 205 g/mol. The molecule has 0 aromatic carbocycles. The molecule has 0 saturated heterocycles. The van der Waals surface area contributed by atoms with Gasteiger partial charge in [0.2, 0.25) is 0 Å². The summed E-state index contributed by atoms with van der Waals surface area (Å²) in [5, 5.41) is 3.29. The summed E-state index contributed by atoms with van der Waals surface area (Å²) < 4.78 is 0. The lowest BCUT2D eigenvalue weighted by atomic mass is 9.83. The Labute approximate surface area is 94.3 Å². The molecule has 0 bridgehead atoms. The van der Waals surface area contributed by atoms with E-state index in [9.17, 15) is 0 Å². The van der Waals surface area contributed by atoms with Crippen LogP contribution in [0.25, 0.3) is 0 Å². The number of hydrogen-bond acceptors (Lipinski definition) is 1. The molecule has 1 atom stereocenters. The van der Waals surface area contributed by atoms with Gasteiger partial charge in [0.15, 0.2) is 0 Å². The van der Waals surface area contributed by atoms with E-state index < -0.39 is 0 Å². The number of allylic oxidation sites excluding steroid dienone is 5. The molecule has 0 aromatic rings. The largest absolute Gasteiger partial charge is 0.313 e. The highest BCUT2D eigenvalue weighted by atomic mass is 14.9. The van der Waals surface area contributed by atoms with Crippen molar-refractivity contribution in [2.75, 3.05) is 7.05 Å². The Balaban J connectivity index is 4.63. The van der Waals surface area contributed by atoms with Crippen molar-refractivity contribution in [1.82, 2.24) is 5.32 Å². The van der Waals surface area contributed by atoms with Crippen LogP contribution in [0.1, 0.15) is 20.8 Å². The second-order valence-corrected chi connectivity index (χ2v) is 4.09. The normalized spacial score (nSPS) is 15.5. The molecule has 0 aliphatic heterocycles. The van der Waals surface area contributed by atoms with Crippen LogP contribution in [-0.2, 0) is 0 Å². The molecule has 0 amide bonds. The van der Waals surface area contributed by atoms with Crippen LogP contribution in [-0.4, -0.2) is 13.1 Å². The van der Waals surface area contributed by atoms with Gasteiger partial charge < -0.3 is 5.32 Å². The Kier molecular flexibility index (Phi) is 6.72. The van der Waals surface area contributed by atoms with Crippen LogP contribution in [0.3, 0.4) is 0 Å². The first kappa shape index (κ1) is 13.9. The second-order valence-electron chi connectivity index (χ2n) is 4.09. The van der Waals surface area contributed by atoms with Crippen LogP contribution in [0.15, 0.2) is 49.1 Å². The molecule has 1 nitrogen and oxygen atoms in total. The predicted octanol–water partition coefficient (Wildman–Crippen LogP) is 3.48. The lowest BCUT2D eigenvalue weighted by Crippen LogP contribution is -2.36. The van der Waals surface area contributed by atoms with Gasteiger partial charge in [0.1, 0.15) is 0 Å². The summed E-state index contributed by atoms with van der Waals surface area (Å²) >= 11 is 0. The number of likely N-dealkylation sites (N-methyl/N-ethyl adjacent to an activating group) is 1. The minimum atomic E-state index is 0.0910. The lowest BCUT2D eigenvalue weighted by molar-refractivity contribution is 0.379. The van der Waals surface area contributed by atoms with E-state index in [-0.39, 0.29) is 5.41 Å². The fraction of sp³-hybridized carbons (Fsp3) is 0.429. The Hall–Kier alpha value is -1.08. The van der Waals surface area contributed by atoms with Gasteiger partial charge in [-0.2, -0.15) is 0 Å². The zero-order chi connectivity index (χ0) is 11.7. The lowest BCUT2D eigenvalue weighted by Gasteiger charge is -2.29. The van der Waals surface area contributed by atoms with Crippen molar-refractivity contribution in [2.24, 2.45) is 5.41 Å². The van der Waals surface area contributed by atoms with Crippen LogP contribution in [0, 0.1) is 5.41 Å². The minimum absolute atomic E-state index is 0.0910. The Morgan fingerprint density at radius 3 is 2.33 bits per heavy atom. The highest BCUT2D eigenvalue weighted by Crippen LogP contribution is 2.23. The second kappa shape index (κ2) is 7.24. The van der Waals surface area contributed by atoms with E-state index in [2.05, 4.69) is 44.0 Å². The minimum Gasteiger partial charge on any atom is -0.313 e. The van der Waals surface area contributed by atoms with E-state index in [0.29, 0.717) is 6.04 Å². The molecule has 0 rings (SSSR count). The molecule has 0 aliphatic rings. The summed E-state index contributed by atoms with van der Waals surface area (Å²) in [6.45, 7) is 10.1. The van der Waals surface area contributed by atoms with Crippen LogP contribution in [0.5, 0.6) is 0 Å². The van der Waals surface area contributed by atoms with Crippen molar-refractivity contribution in [3.8, 4) is 0 Å². The fourth-order valence-corrected chi connectivity index (χ4v) is 1.42. The first-order valence-corrected chi connectivity index (χ1v) is 5.35. The van der Waals surface area contributed by atoms with Crippen LogP contribution < -0.4 is 5.32 Å². The molecule has 84 valence electrons. The predicted molar refractivity (Wildman–Crippen MR) is 69.9 cm³/mol. The molecular weight excluding hydrogens is 182 g/mol. The molecule has 0 aliphatic carbocycles. The summed E-state index contributed by atoms with van der Waals surface area (Å²) in [6, 6.07) is 0.317. The van der Waals surface area contributed by atoms with Crippen molar-refractivity contribution in [3.63, 3.8) is 0 Å². The van der Waals surface area contributed by atoms with Crippen LogP contribution >= 0.6 is 0 Å². The molecule has 0 heterocycles.